The summed E-state index contributed by atoms with van der Waals surface area (Å²) in [4.78, 5) is 19.9. The van der Waals surface area contributed by atoms with Crippen molar-refractivity contribution in [3.63, 3.8) is 0 Å². The maximum Gasteiger partial charge on any atom is 0.339 e. The highest BCUT2D eigenvalue weighted by atomic mass is 79.9. The van der Waals surface area contributed by atoms with Crippen LogP contribution in [0.1, 0.15) is 27.8 Å². The summed E-state index contributed by atoms with van der Waals surface area (Å²) in [6.45, 7) is 1.78. The average Bonchev–Trinajstić information content (AvgIpc) is 2.49. The number of benzene rings is 1. The van der Waals surface area contributed by atoms with Crippen molar-refractivity contribution in [1.29, 1.82) is 0 Å². The first-order valence-electron chi connectivity index (χ1n) is 6.04. The zero-order valence-corrected chi connectivity index (χ0v) is 13.7. The van der Waals surface area contributed by atoms with Gasteiger partial charge in [0.25, 0.3) is 0 Å². The molecule has 110 valence electrons. The van der Waals surface area contributed by atoms with Gasteiger partial charge in [-0.1, -0.05) is 39.8 Å². The topological polar surface area (TPSA) is 52.1 Å². The predicted octanol–water partition coefficient (Wildman–Crippen LogP) is 4.01. The van der Waals surface area contributed by atoms with E-state index in [1.165, 1.54) is 13.4 Å². The molecule has 1 unspecified atom stereocenters. The van der Waals surface area contributed by atoms with E-state index in [-0.39, 0.29) is 15.5 Å². The van der Waals surface area contributed by atoms with Crippen LogP contribution in [-0.2, 0) is 4.74 Å². The number of carbonyl (C=O) groups is 1. The molecule has 0 saturated heterocycles. The van der Waals surface area contributed by atoms with Gasteiger partial charge in [0.05, 0.1) is 23.2 Å². The van der Waals surface area contributed by atoms with Gasteiger partial charge < -0.3 is 4.74 Å². The Morgan fingerprint density at radius 1 is 1.38 bits per heavy atom. The third-order valence-electron chi connectivity index (χ3n) is 2.66. The quantitative estimate of drug-likeness (QED) is 0.462. The van der Waals surface area contributed by atoms with Crippen molar-refractivity contribution in [1.82, 2.24) is 9.97 Å². The molecule has 1 atom stereocenters. The number of hydrogen-bond acceptors (Lipinski definition) is 5. The minimum atomic E-state index is -0.494. The van der Waals surface area contributed by atoms with E-state index in [1.54, 1.807) is 31.2 Å². The monoisotopic (exact) mass is 370 g/mol. The minimum Gasteiger partial charge on any atom is -0.465 e. The number of carbonyl (C=O) groups excluding carboxylic acids is 1. The Morgan fingerprint density at radius 3 is 2.76 bits per heavy atom. The number of esters is 1. The molecule has 0 N–H and O–H groups in total. The molecule has 0 saturated carbocycles. The molecule has 0 spiro atoms. The number of alkyl halides is 1. The zero-order valence-electron chi connectivity index (χ0n) is 11.3. The molecule has 4 nitrogen and oxygen atoms in total. The fraction of sp³-hybridized carbons (Fsp3) is 0.214. The highest BCUT2D eigenvalue weighted by molar-refractivity contribution is 9.09. The number of hydrogen-bond donors (Lipinski definition) is 0. The maximum atomic E-state index is 14.3. The Kier molecular flexibility index (Phi) is 5.30. The molecule has 2 aromatic rings. The normalized spacial score (nSPS) is 12.0. The summed E-state index contributed by atoms with van der Waals surface area (Å²) in [5.74, 6) is -0.965. The minimum absolute atomic E-state index is 0.169. The van der Waals surface area contributed by atoms with Crippen LogP contribution in [0.25, 0.3) is 0 Å². The standard InChI is InChI=1S/C14H12BrFN2O2S/c1-8(15)12-11(16)13(18-7-17-12)21-10-6-4-3-5-9(10)14(19)20-2/h3-8H,1-2H3. The first-order valence-corrected chi connectivity index (χ1v) is 7.77. The van der Waals surface area contributed by atoms with Crippen LogP contribution in [0.3, 0.4) is 0 Å². The third-order valence-corrected chi connectivity index (χ3v) is 4.15. The van der Waals surface area contributed by atoms with Gasteiger partial charge >= 0.3 is 5.97 Å². The summed E-state index contributed by atoms with van der Waals surface area (Å²) >= 11 is 4.36. The molecule has 0 aliphatic carbocycles. The maximum absolute atomic E-state index is 14.3. The molecule has 0 radical (unpaired) electrons. The summed E-state index contributed by atoms with van der Waals surface area (Å²) in [6, 6.07) is 6.83. The van der Waals surface area contributed by atoms with Gasteiger partial charge in [-0.15, -0.1) is 0 Å². The molecule has 0 aliphatic rings. The lowest BCUT2D eigenvalue weighted by atomic mass is 10.2. The Hall–Kier alpha value is -1.47. The van der Waals surface area contributed by atoms with Gasteiger partial charge in [-0.3, -0.25) is 0 Å². The molecule has 1 aromatic heterocycles. The largest absolute Gasteiger partial charge is 0.465 e. The van der Waals surface area contributed by atoms with E-state index in [0.717, 1.165) is 11.8 Å². The van der Waals surface area contributed by atoms with Crippen LogP contribution < -0.4 is 0 Å². The molecular formula is C14H12BrFN2O2S. The molecule has 1 aromatic carbocycles. The SMILES string of the molecule is COC(=O)c1ccccc1Sc1ncnc(C(C)Br)c1F. The number of aromatic nitrogens is 2. The molecule has 0 amide bonds. The van der Waals surface area contributed by atoms with Crippen LogP contribution in [0.4, 0.5) is 4.39 Å². The van der Waals surface area contributed by atoms with Gasteiger partial charge in [0, 0.05) is 4.90 Å². The average molecular weight is 371 g/mol. The van der Waals surface area contributed by atoms with Crippen molar-refractivity contribution in [2.45, 2.75) is 21.7 Å². The number of rotatable bonds is 4. The summed E-state index contributed by atoms with van der Waals surface area (Å²) in [7, 11) is 1.31. The van der Waals surface area contributed by atoms with Gasteiger partial charge in [0.2, 0.25) is 0 Å². The van der Waals surface area contributed by atoms with E-state index in [2.05, 4.69) is 25.9 Å². The molecule has 0 aliphatic heterocycles. The van der Waals surface area contributed by atoms with Crippen LogP contribution in [0, 0.1) is 5.82 Å². The number of nitrogens with zero attached hydrogens (tertiary/aromatic N) is 2. The summed E-state index contributed by atoms with van der Waals surface area (Å²) < 4.78 is 19.1. The Labute approximate surface area is 134 Å². The van der Waals surface area contributed by atoms with Crippen molar-refractivity contribution in [3.05, 3.63) is 47.7 Å². The van der Waals surface area contributed by atoms with Gasteiger partial charge in [0.1, 0.15) is 11.4 Å². The highest BCUT2D eigenvalue weighted by Gasteiger charge is 2.18. The zero-order chi connectivity index (χ0) is 15.4. The van der Waals surface area contributed by atoms with Crippen molar-refractivity contribution in [2.75, 3.05) is 7.11 Å². The molecule has 0 fully saturated rings. The lowest BCUT2D eigenvalue weighted by Crippen LogP contribution is -2.04. The predicted molar refractivity (Wildman–Crippen MR) is 81.2 cm³/mol. The highest BCUT2D eigenvalue weighted by Crippen LogP contribution is 2.33. The van der Waals surface area contributed by atoms with Gasteiger partial charge in [-0.05, 0) is 19.1 Å². The summed E-state index contributed by atoms with van der Waals surface area (Å²) in [6.07, 6.45) is 1.30. The number of halogens is 2. The number of ether oxygens (including phenoxy) is 1. The van der Waals surface area contributed by atoms with Crippen LogP contribution in [0.5, 0.6) is 0 Å². The molecular weight excluding hydrogens is 359 g/mol. The third kappa shape index (κ3) is 3.59. The fourth-order valence-corrected chi connectivity index (χ4v) is 2.88. The molecule has 7 heteroatoms. The van der Waals surface area contributed by atoms with E-state index >= 15 is 0 Å². The van der Waals surface area contributed by atoms with Crippen molar-refractivity contribution < 1.29 is 13.9 Å². The van der Waals surface area contributed by atoms with Crippen LogP contribution in [0.15, 0.2) is 40.5 Å². The van der Waals surface area contributed by atoms with Crippen LogP contribution >= 0.6 is 27.7 Å². The summed E-state index contributed by atoms with van der Waals surface area (Å²) in [5, 5.41) is 0.169. The van der Waals surface area contributed by atoms with Crippen molar-refractivity contribution >= 4 is 33.7 Å². The van der Waals surface area contributed by atoms with Crippen LogP contribution in [0.2, 0.25) is 0 Å². The summed E-state index contributed by atoms with van der Waals surface area (Å²) in [5.41, 5.74) is 0.652. The Bertz CT molecular complexity index is 667. The fourth-order valence-electron chi connectivity index (χ4n) is 1.65. The van der Waals surface area contributed by atoms with Gasteiger partial charge in [-0.25, -0.2) is 19.2 Å². The first-order chi connectivity index (χ1) is 10.0. The smallest absolute Gasteiger partial charge is 0.339 e. The van der Waals surface area contributed by atoms with Gasteiger partial charge in [0.15, 0.2) is 5.82 Å². The second-order valence-corrected chi connectivity index (χ2v) is 6.49. The van der Waals surface area contributed by atoms with Crippen molar-refractivity contribution in [2.24, 2.45) is 0 Å². The van der Waals surface area contributed by atoms with Crippen molar-refractivity contribution in [3.8, 4) is 0 Å². The molecule has 1 heterocycles. The lowest BCUT2D eigenvalue weighted by Gasteiger charge is -2.09. The Balaban J connectivity index is 2.40. The molecule has 0 bridgehead atoms. The van der Waals surface area contributed by atoms with Gasteiger partial charge in [-0.2, -0.15) is 0 Å². The van der Waals surface area contributed by atoms with Crippen LogP contribution in [-0.4, -0.2) is 23.0 Å². The molecule has 2 rings (SSSR count). The molecule has 21 heavy (non-hydrogen) atoms. The van der Waals surface area contributed by atoms with E-state index in [4.69, 9.17) is 4.74 Å². The van der Waals surface area contributed by atoms with E-state index in [9.17, 15) is 9.18 Å². The number of methoxy groups -OCH3 is 1. The lowest BCUT2D eigenvalue weighted by molar-refractivity contribution is 0.0597. The second kappa shape index (κ2) is 7.00. The Morgan fingerprint density at radius 2 is 2.10 bits per heavy atom. The van der Waals surface area contributed by atoms with E-state index in [0.29, 0.717) is 10.5 Å². The second-order valence-electron chi connectivity index (χ2n) is 4.08. The first kappa shape index (κ1) is 15.9. The van der Waals surface area contributed by atoms with E-state index in [1.807, 2.05) is 0 Å². The van der Waals surface area contributed by atoms with E-state index < -0.39 is 11.8 Å².